The summed E-state index contributed by atoms with van der Waals surface area (Å²) < 4.78 is 6.16. The summed E-state index contributed by atoms with van der Waals surface area (Å²) >= 11 is 0. The van der Waals surface area contributed by atoms with Crippen LogP contribution in [0.2, 0.25) is 0 Å². The zero-order valence-corrected chi connectivity index (χ0v) is 13.9. The van der Waals surface area contributed by atoms with Gasteiger partial charge in [0.1, 0.15) is 11.4 Å². The molecule has 0 aromatic carbocycles. The first kappa shape index (κ1) is 15.9. The van der Waals surface area contributed by atoms with Gasteiger partial charge in [-0.05, 0) is 18.9 Å². The van der Waals surface area contributed by atoms with E-state index in [0.717, 1.165) is 25.2 Å². The summed E-state index contributed by atoms with van der Waals surface area (Å²) in [5.41, 5.74) is 0.207. The lowest BCUT2D eigenvalue weighted by atomic mass is 9.90. The zero-order chi connectivity index (χ0) is 17.1. The number of morpholine rings is 1. The largest absolute Gasteiger partial charge is 0.369 e. The monoisotopic (exact) mass is 340 g/mol. The Morgan fingerprint density at radius 1 is 1.12 bits per heavy atom. The van der Waals surface area contributed by atoms with Gasteiger partial charge >= 0.3 is 0 Å². The van der Waals surface area contributed by atoms with Crippen molar-refractivity contribution >= 4 is 11.7 Å². The quantitative estimate of drug-likeness (QED) is 0.798. The molecule has 2 aliphatic rings. The normalized spacial score (nSPS) is 23.7. The molecule has 2 aliphatic heterocycles. The van der Waals surface area contributed by atoms with Crippen LogP contribution in [0.15, 0.2) is 37.1 Å². The highest BCUT2D eigenvalue weighted by Gasteiger charge is 2.42. The SMILES string of the molecule is O=C(c1ccnnc1)N1CCO[C@@]2(CCCN(c3cnccn3)C2)C1. The van der Waals surface area contributed by atoms with Gasteiger partial charge < -0.3 is 14.5 Å². The predicted octanol–water partition coefficient (Wildman–Crippen LogP) is 0.778. The number of amides is 1. The summed E-state index contributed by atoms with van der Waals surface area (Å²) in [6, 6.07) is 1.70. The van der Waals surface area contributed by atoms with E-state index in [1.165, 1.54) is 6.20 Å². The maximum Gasteiger partial charge on any atom is 0.255 e. The highest BCUT2D eigenvalue weighted by atomic mass is 16.5. The number of nitrogens with zero attached hydrogens (tertiary/aromatic N) is 6. The van der Waals surface area contributed by atoms with Crippen LogP contribution in [0.3, 0.4) is 0 Å². The van der Waals surface area contributed by atoms with Crippen molar-refractivity contribution in [3.05, 3.63) is 42.6 Å². The van der Waals surface area contributed by atoms with Crippen LogP contribution in [0.1, 0.15) is 23.2 Å². The first-order chi connectivity index (χ1) is 12.3. The summed E-state index contributed by atoms with van der Waals surface area (Å²) in [5.74, 6) is 0.834. The number of rotatable bonds is 2. The Kier molecular flexibility index (Phi) is 4.27. The number of anilines is 1. The highest BCUT2D eigenvalue weighted by Crippen LogP contribution is 2.31. The van der Waals surface area contributed by atoms with E-state index in [1.807, 2.05) is 4.90 Å². The van der Waals surface area contributed by atoms with Crippen LogP contribution in [0.4, 0.5) is 5.82 Å². The van der Waals surface area contributed by atoms with E-state index in [0.29, 0.717) is 31.8 Å². The van der Waals surface area contributed by atoms with Gasteiger partial charge in [0.2, 0.25) is 0 Å². The van der Waals surface area contributed by atoms with Gasteiger partial charge in [-0.1, -0.05) is 0 Å². The third kappa shape index (κ3) is 3.30. The lowest BCUT2D eigenvalue weighted by Gasteiger charge is -2.48. The zero-order valence-electron chi connectivity index (χ0n) is 13.9. The molecule has 0 unspecified atom stereocenters. The summed E-state index contributed by atoms with van der Waals surface area (Å²) in [5, 5.41) is 7.54. The van der Waals surface area contributed by atoms with Gasteiger partial charge in [0.25, 0.3) is 5.91 Å². The van der Waals surface area contributed by atoms with E-state index >= 15 is 0 Å². The molecule has 130 valence electrons. The Bertz CT molecular complexity index is 724. The number of hydrogen-bond donors (Lipinski definition) is 0. The maximum absolute atomic E-state index is 12.7. The number of ether oxygens (including phenoxy) is 1. The van der Waals surface area contributed by atoms with Crippen molar-refractivity contribution in [3.8, 4) is 0 Å². The average Bonchev–Trinajstić information content (AvgIpc) is 2.69. The smallest absolute Gasteiger partial charge is 0.255 e. The van der Waals surface area contributed by atoms with E-state index in [9.17, 15) is 4.79 Å². The van der Waals surface area contributed by atoms with E-state index in [-0.39, 0.29) is 11.5 Å². The molecule has 4 rings (SSSR count). The second-order valence-corrected chi connectivity index (χ2v) is 6.48. The molecule has 0 radical (unpaired) electrons. The summed E-state index contributed by atoms with van der Waals surface area (Å²) in [4.78, 5) is 25.3. The van der Waals surface area contributed by atoms with Gasteiger partial charge in [0, 0.05) is 25.5 Å². The molecule has 0 aliphatic carbocycles. The van der Waals surface area contributed by atoms with Crippen molar-refractivity contribution < 1.29 is 9.53 Å². The van der Waals surface area contributed by atoms with Crippen molar-refractivity contribution in [1.29, 1.82) is 0 Å². The van der Waals surface area contributed by atoms with Crippen LogP contribution in [0.5, 0.6) is 0 Å². The minimum absolute atomic E-state index is 0.0193. The lowest BCUT2D eigenvalue weighted by molar-refractivity contribution is -0.105. The fourth-order valence-electron chi connectivity index (χ4n) is 3.61. The van der Waals surface area contributed by atoms with E-state index in [4.69, 9.17) is 4.74 Å². The third-order valence-electron chi connectivity index (χ3n) is 4.78. The number of piperidine rings is 1. The van der Waals surface area contributed by atoms with Crippen molar-refractivity contribution in [3.63, 3.8) is 0 Å². The molecule has 25 heavy (non-hydrogen) atoms. The van der Waals surface area contributed by atoms with Crippen molar-refractivity contribution in [2.45, 2.75) is 18.4 Å². The minimum atomic E-state index is -0.357. The molecule has 8 heteroatoms. The lowest BCUT2D eigenvalue weighted by Crippen LogP contribution is -2.61. The number of carbonyl (C=O) groups is 1. The molecular weight excluding hydrogens is 320 g/mol. The summed E-state index contributed by atoms with van der Waals surface area (Å²) in [6.07, 6.45) is 10.1. The van der Waals surface area contributed by atoms with E-state index in [1.54, 1.807) is 30.9 Å². The summed E-state index contributed by atoms with van der Waals surface area (Å²) in [6.45, 7) is 3.34. The Labute approximate surface area is 145 Å². The van der Waals surface area contributed by atoms with E-state index in [2.05, 4.69) is 25.1 Å². The minimum Gasteiger partial charge on any atom is -0.369 e. The second-order valence-electron chi connectivity index (χ2n) is 6.48. The topological polar surface area (TPSA) is 84.3 Å². The van der Waals surface area contributed by atoms with Crippen LogP contribution in [0.25, 0.3) is 0 Å². The molecule has 8 nitrogen and oxygen atoms in total. The molecule has 2 saturated heterocycles. The molecule has 0 N–H and O–H groups in total. The first-order valence-corrected chi connectivity index (χ1v) is 8.47. The average molecular weight is 340 g/mol. The molecule has 1 spiro atoms. The number of hydrogen-bond acceptors (Lipinski definition) is 7. The molecule has 1 atom stereocenters. The van der Waals surface area contributed by atoms with Crippen molar-refractivity contribution in [2.75, 3.05) is 37.7 Å². The maximum atomic E-state index is 12.7. The molecule has 2 aromatic rings. The van der Waals surface area contributed by atoms with Crippen LogP contribution < -0.4 is 4.90 Å². The van der Waals surface area contributed by atoms with Gasteiger partial charge in [-0.15, -0.1) is 0 Å². The number of carbonyl (C=O) groups excluding carboxylic acids is 1. The van der Waals surface area contributed by atoms with Crippen molar-refractivity contribution in [1.82, 2.24) is 25.1 Å². The highest BCUT2D eigenvalue weighted by molar-refractivity contribution is 5.93. The molecule has 2 aromatic heterocycles. The van der Waals surface area contributed by atoms with Crippen LogP contribution in [-0.2, 0) is 4.74 Å². The predicted molar refractivity (Wildman–Crippen MR) is 90.1 cm³/mol. The van der Waals surface area contributed by atoms with E-state index < -0.39 is 0 Å². The van der Waals surface area contributed by atoms with Crippen molar-refractivity contribution in [2.24, 2.45) is 0 Å². The fourth-order valence-corrected chi connectivity index (χ4v) is 3.61. The Morgan fingerprint density at radius 3 is 2.88 bits per heavy atom. The molecule has 0 bridgehead atoms. The van der Waals surface area contributed by atoms with Crippen LogP contribution in [0, 0.1) is 0 Å². The standard InChI is InChI=1S/C17H20N6O2/c24-16(14-2-4-20-21-10-14)23-8-9-25-17(13-23)3-1-7-22(12-17)15-11-18-5-6-19-15/h2,4-6,10-11H,1,3,7-9,12-13H2/t17-/m1/s1. The first-order valence-electron chi connectivity index (χ1n) is 8.47. The van der Waals surface area contributed by atoms with Crippen LogP contribution >= 0.6 is 0 Å². The summed E-state index contributed by atoms with van der Waals surface area (Å²) in [7, 11) is 0. The Hall–Kier alpha value is -2.61. The van der Waals surface area contributed by atoms with Gasteiger partial charge in [-0.3, -0.25) is 9.78 Å². The van der Waals surface area contributed by atoms with Gasteiger partial charge in [-0.25, -0.2) is 4.98 Å². The molecule has 4 heterocycles. The van der Waals surface area contributed by atoms with Gasteiger partial charge in [0.15, 0.2) is 0 Å². The third-order valence-corrected chi connectivity index (χ3v) is 4.78. The molecule has 1 amide bonds. The Morgan fingerprint density at radius 2 is 2.08 bits per heavy atom. The van der Waals surface area contributed by atoms with Gasteiger partial charge in [0.05, 0.1) is 43.9 Å². The molecular formula is C17H20N6O2. The van der Waals surface area contributed by atoms with Crippen LogP contribution in [-0.4, -0.2) is 69.4 Å². The molecule has 0 saturated carbocycles. The Balaban J connectivity index is 1.51. The van der Waals surface area contributed by atoms with Gasteiger partial charge in [-0.2, -0.15) is 10.2 Å². The second kappa shape index (κ2) is 6.72. The fraction of sp³-hybridized carbons (Fsp3) is 0.471. The molecule has 2 fully saturated rings. The number of aromatic nitrogens is 4.